The van der Waals surface area contributed by atoms with Gasteiger partial charge in [-0.3, -0.25) is 0 Å². The predicted molar refractivity (Wildman–Crippen MR) is 77.4 cm³/mol. The van der Waals surface area contributed by atoms with Gasteiger partial charge < -0.3 is 15.7 Å². The lowest BCUT2D eigenvalue weighted by molar-refractivity contribution is -0.144. The second-order valence-electron chi connectivity index (χ2n) is 4.61. The molecule has 0 fully saturated rings. The molecule has 1 atom stereocenters. The van der Waals surface area contributed by atoms with Gasteiger partial charge in [0.05, 0.1) is 0 Å². The van der Waals surface area contributed by atoms with Gasteiger partial charge >= 0.3 is 12.0 Å². The Hall–Kier alpha value is -2.30. The van der Waals surface area contributed by atoms with E-state index in [0.29, 0.717) is 12.1 Å². The standard InChI is InChI=1S/C15H20N2O3/c1-3-4-8-11-16-14(20)17-15(2,13(18)19)12-9-6-5-7-10-12/h3,5-7,9-10H,1,4,8,11H2,2H3,(H,18,19)(H2,16,17,20). The Morgan fingerprint density at radius 2 is 2.00 bits per heavy atom. The first kappa shape index (κ1) is 15.8. The maximum atomic E-state index is 11.8. The Labute approximate surface area is 118 Å². The highest BCUT2D eigenvalue weighted by Crippen LogP contribution is 2.20. The molecule has 1 aromatic carbocycles. The summed E-state index contributed by atoms with van der Waals surface area (Å²) in [5, 5.41) is 14.5. The van der Waals surface area contributed by atoms with Crippen LogP contribution in [0, 0.1) is 0 Å². The number of benzene rings is 1. The van der Waals surface area contributed by atoms with Gasteiger partial charge in [-0.1, -0.05) is 36.4 Å². The summed E-state index contributed by atoms with van der Waals surface area (Å²) in [5.41, 5.74) is -0.933. The van der Waals surface area contributed by atoms with Crippen molar-refractivity contribution in [1.82, 2.24) is 10.6 Å². The van der Waals surface area contributed by atoms with Gasteiger partial charge in [-0.25, -0.2) is 9.59 Å². The number of allylic oxidation sites excluding steroid dienone is 1. The number of hydrogen-bond acceptors (Lipinski definition) is 2. The van der Waals surface area contributed by atoms with Crippen LogP contribution in [0.5, 0.6) is 0 Å². The third-order valence-electron chi connectivity index (χ3n) is 3.01. The lowest BCUT2D eigenvalue weighted by Gasteiger charge is -2.26. The Morgan fingerprint density at radius 3 is 2.55 bits per heavy atom. The molecule has 1 unspecified atom stereocenters. The number of rotatable bonds is 7. The predicted octanol–water partition coefficient (Wildman–Crippen LogP) is 2.25. The highest BCUT2D eigenvalue weighted by atomic mass is 16.4. The van der Waals surface area contributed by atoms with Gasteiger partial charge in [0, 0.05) is 6.54 Å². The number of unbranched alkanes of at least 4 members (excludes halogenated alkanes) is 1. The van der Waals surface area contributed by atoms with Gasteiger partial charge in [0.15, 0.2) is 5.54 Å². The monoisotopic (exact) mass is 276 g/mol. The first-order chi connectivity index (χ1) is 9.50. The van der Waals surface area contributed by atoms with E-state index in [1.807, 2.05) is 0 Å². The second kappa shape index (κ2) is 7.33. The zero-order valence-electron chi connectivity index (χ0n) is 11.6. The van der Waals surface area contributed by atoms with Crippen LogP contribution in [-0.2, 0) is 10.3 Å². The number of aliphatic carboxylic acids is 1. The van der Waals surface area contributed by atoms with Crippen LogP contribution in [0.4, 0.5) is 4.79 Å². The molecule has 2 amide bonds. The van der Waals surface area contributed by atoms with E-state index in [1.165, 1.54) is 6.92 Å². The fraction of sp³-hybridized carbons (Fsp3) is 0.333. The second-order valence-corrected chi connectivity index (χ2v) is 4.61. The summed E-state index contributed by atoms with van der Waals surface area (Å²) in [6, 6.07) is 8.11. The smallest absolute Gasteiger partial charge is 0.333 e. The highest BCUT2D eigenvalue weighted by molar-refractivity contribution is 5.87. The van der Waals surface area contributed by atoms with Crippen molar-refractivity contribution in [3.05, 3.63) is 48.6 Å². The highest BCUT2D eigenvalue weighted by Gasteiger charge is 2.36. The maximum absolute atomic E-state index is 11.8. The summed E-state index contributed by atoms with van der Waals surface area (Å²) < 4.78 is 0. The summed E-state index contributed by atoms with van der Waals surface area (Å²) in [7, 11) is 0. The molecular formula is C15H20N2O3. The van der Waals surface area contributed by atoms with E-state index in [-0.39, 0.29) is 0 Å². The zero-order chi connectivity index (χ0) is 15.0. The van der Waals surface area contributed by atoms with E-state index in [4.69, 9.17) is 0 Å². The van der Waals surface area contributed by atoms with Crippen LogP contribution < -0.4 is 10.6 Å². The van der Waals surface area contributed by atoms with Gasteiger partial charge in [-0.2, -0.15) is 0 Å². The normalized spacial score (nSPS) is 13.1. The van der Waals surface area contributed by atoms with Gasteiger partial charge in [-0.15, -0.1) is 6.58 Å². The number of urea groups is 1. The van der Waals surface area contributed by atoms with E-state index in [9.17, 15) is 14.7 Å². The van der Waals surface area contributed by atoms with Gasteiger partial charge in [0.1, 0.15) is 0 Å². The molecule has 0 radical (unpaired) electrons. The largest absolute Gasteiger partial charge is 0.479 e. The van der Waals surface area contributed by atoms with E-state index < -0.39 is 17.5 Å². The van der Waals surface area contributed by atoms with Crippen LogP contribution in [0.2, 0.25) is 0 Å². The lowest BCUT2D eigenvalue weighted by Crippen LogP contribution is -2.53. The average molecular weight is 276 g/mol. The summed E-state index contributed by atoms with van der Waals surface area (Å²) in [6.45, 7) is 5.53. The fourth-order valence-corrected chi connectivity index (χ4v) is 1.74. The van der Waals surface area contributed by atoms with Crippen LogP contribution in [0.1, 0.15) is 25.3 Å². The van der Waals surface area contributed by atoms with Gasteiger partial charge in [0.25, 0.3) is 0 Å². The van der Waals surface area contributed by atoms with Crippen molar-refractivity contribution in [2.45, 2.75) is 25.3 Å². The summed E-state index contributed by atoms with van der Waals surface area (Å²) in [5.74, 6) is -1.11. The Bertz CT molecular complexity index is 473. The van der Waals surface area contributed by atoms with E-state index in [1.54, 1.807) is 36.4 Å². The van der Waals surface area contributed by atoms with Crippen LogP contribution in [-0.4, -0.2) is 23.7 Å². The van der Waals surface area contributed by atoms with E-state index >= 15 is 0 Å². The molecule has 0 spiro atoms. The first-order valence-corrected chi connectivity index (χ1v) is 6.46. The maximum Gasteiger partial charge on any atom is 0.333 e. The minimum atomic E-state index is -1.45. The molecule has 1 rings (SSSR count). The Morgan fingerprint density at radius 1 is 1.35 bits per heavy atom. The minimum Gasteiger partial charge on any atom is -0.479 e. The molecular weight excluding hydrogens is 256 g/mol. The first-order valence-electron chi connectivity index (χ1n) is 6.46. The molecule has 0 bridgehead atoms. The van der Waals surface area contributed by atoms with Gasteiger partial charge in [0.2, 0.25) is 0 Å². The molecule has 0 saturated carbocycles. The molecule has 0 aliphatic heterocycles. The zero-order valence-corrected chi connectivity index (χ0v) is 11.6. The SMILES string of the molecule is C=CCCCNC(=O)NC(C)(C(=O)O)c1ccccc1. The molecule has 5 heteroatoms. The number of amides is 2. The average Bonchev–Trinajstić information content (AvgIpc) is 2.44. The van der Waals surface area contributed by atoms with Crippen molar-refractivity contribution in [3.8, 4) is 0 Å². The third-order valence-corrected chi connectivity index (χ3v) is 3.01. The topological polar surface area (TPSA) is 78.4 Å². The summed E-state index contributed by atoms with van der Waals surface area (Å²) in [4.78, 5) is 23.3. The quantitative estimate of drug-likeness (QED) is 0.528. The Kier molecular flexibility index (Phi) is 5.77. The number of nitrogens with one attached hydrogen (secondary N) is 2. The van der Waals surface area contributed by atoms with Crippen LogP contribution in [0.15, 0.2) is 43.0 Å². The molecule has 0 aliphatic rings. The molecule has 1 aromatic rings. The number of carboxylic acid groups (broad SMARTS) is 1. The minimum absolute atomic E-state index is 0.475. The van der Waals surface area contributed by atoms with E-state index in [2.05, 4.69) is 17.2 Å². The number of carbonyl (C=O) groups excluding carboxylic acids is 1. The van der Waals surface area contributed by atoms with Crippen LogP contribution in [0.3, 0.4) is 0 Å². The molecule has 3 N–H and O–H groups in total. The van der Waals surface area contributed by atoms with Crippen LogP contribution in [0.25, 0.3) is 0 Å². The van der Waals surface area contributed by atoms with Crippen molar-refractivity contribution in [3.63, 3.8) is 0 Å². The molecule has 108 valence electrons. The molecule has 20 heavy (non-hydrogen) atoms. The lowest BCUT2D eigenvalue weighted by atomic mass is 9.92. The number of carboxylic acids is 1. The third kappa shape index (κ3) is 4.12. The molecule has 5 nitrogen and oxygen atoms in total. The van der Waals surface area contributed by atoms with Crippen molar-refractivity contribution in [1.29, 1.82) is 0 Å². The van der Waals surface area contributed by atoms with Gasteiger partial charge in [-0.05, 0) is 25.3 Å². The fourth-order valence-electron chi connectivity index (χ4n) is 1.74. The van der Waals surface area contributed by atoms with Crippen molar-refractivity contribution < 1.29 is 14.7 Å². The van der Waals surface area contributed by atoms with Crippen LogP contribution >= 0.6 is 0 Å². The van der Waals surface area contributed by atoms with Crippen molar-refractivity contribution in [2.75, 3.05) is 6.54 Å². The van der Waals surface area contributed by atoms with Crippen molar-refractivity contribution >= 4 is 12.0 Å². The summed E-state index contributed by atoms with van der Waals surface area (Å²) in [6.07, 6.45) is 3.34. The molecule has 0 heterocycles. The number of hydrogen-bond donors (Lipinski definition) is 3. The molecule has 0 aliphatic carbocycles. The van der Waals surface area contributed by atoms with Crippen molar-refractivity contribution in [2.24, 2.45) is 0 Å². The van der Waals surface area contributed by atoms with E-state index in [0.717, 1.165) is 12.8 Å². The molecule has 0 saturated heterocycles. The number of carbonyl (C=O) groups is 2. The molecule has 0 aromatic heterocycles. The summed E-state index contributed by atoms with van der Waals surface area (Å²) >= 11 is 0. The Balaban J connectivity index is 2.70.